The molecule has 0 bridgehead atoms. The van der Waals surface area contributed by atoms with E-state index in [0.29, 0.717) is 44.1 Å². The van der Waals surface area contributed by atoms with Crippen LogP contribution < -0.4 is 5.32 Å². The van der Waals surface area contributed by atoms with Crippen LogP contribution in [-0.4, -0.2) is 47.2 Å². The lowest BCUT2D eigenvalue weighted by molar-refractivity contribution is -0.115. The number of nitrogens with zero attached hydrogens (tertiary/aromatic N) is 2. The molecule has 6 nitrogen and oxygen atoms in total. The second-order valence-electron chi connectivity index (χ2n) is 6.51. The van der Waals surface area contributed by atoms with Crippen molar-refractivity contribution >= 4 is 28.9 Å². The molecule has 1 aliphatic carbocycles. The van der Waals surface area contributed by atoms with Gasteiger partial charge in [0.15, 0.2) is 0 Å². The van der Waals surface area contributed by atoms with Crippen molar-refractivity contribution in [3.8, 4) is 0 Å². The van der Waals surface area contributed by atoms with Crippen molar-refractivity contribution in [2.75, 3.05) is 13.1 Å². The van der Waals surface area contributed by atoms with Gasteiger partial charge in [-0.05, 0) is 24.3 Å². The number of oxime groups is 1. The highest BCUT2D eigenvalue weighted by molar-refractivity contribution is 7.12. The van der Waals surface area contributed by atoms with Gasteiger partial charge in [-0.1, -0.05) is 11.2 Å². The summed E-state index contributed by atoms with van der Waals surface area (Å²) < 4.78 is 0. The molecular formula is C16H19N3O3S. The van der Waals surface area contributed by atoms with Gasteiger partial charge in [0.25, 0.3) is 11.8 Å². The van der Waals surface area contributed by atoms with Gasteiger partial charge in [0.1, 0.15) is 11.3 Å². The second-order valence-corrected chi connectivity index (χ2v) is 7.45. The molecule has 2 fully saturated rings. The standard InChI is InChI=1S/C16H19N3O3S/c20-14(17-11-3-4-11)12-10-16(22-18-12)5-7-19(8-6-16)15(21)13-2-1-9-23-13/h1-2,9,11H,3-8,10H2,(H,17,20). The summed E-state index contributed by atoms with van der Waals surface area (Å²) in [7, 11) is 0. The van der Waals surface area contributed by atoms with Crippen LogP contribution in [0.1, 0.15) is 41.8 Å². The molecule has 3 heterocycles. The van der Waals surface area contributed by atoms with Crippen LogP contribution in [0.15, 0.2) is 22.7 Å². The molecule has 0 aromatic carbocycles. The Morgan fingerprint density at radius 1 is 1.35 bits per heavy atom. The van der Waals surface area contributed by atoms with E-state index in [1.54, 1.807) is 0 Å². The van der Waals surface area contributed by atoms with E-state index < -0.39 is 5.60 Å². The number of hydrogen-bond acceptors (Lipinski definition) is 5. The van der Waals surface area contributed by atoms with Gasteiger partial charge >= 0.3 is 0 Å². The number of carbonyl (C=O) groups excluding carboxylic acids is 2. The monoisotopic (exact) mass is 333 g/mol. The molecular weight excluding hydrogens is 314 g/mol. The number of piperidine rings is 1. The molecule has 4 rings (SSSR count). The first-order chi connectivity index (χ1) is 11.2. The van der Waals surface area contributed by atoms with Crippen molar-refractivity contribution in [3.05, 3.63) is 22.4 Å². The number of rotatable bonds is 3. The van der Waals surface area contributed by atoms with Gasteiger partial charge in [-0.15, -0.1) is 11.3 Å². The van der Waals surface area contributed by atoms with Gasteiger partial charge in [0.05, 0.1) is 4.88 Å². The summed E-state index contributed by atoms with van der Waals surface area (Å²) in [6, 6.07) is 4.07. The van der Waals surface area contributed by atoms with Gasteiger partial charge in [-0.25, -0.2) is 0 Å². The average Bonchev–Trinajstić information content (AvgIpc) is 3.05. The van der Waals surface area contributed by atoms with Crippen LogP contribution in [0.4, 0.5) is 0 Å². The summed E-state index contributed by atoms with van der Waals surface area (Å²) in [5.74, 6) is -0.0121. The Labute approximate surface area is 138 Å². The summed E-state index contributed by atoms with van der Waals surface area (Å²) in [6.07, 6.45) is 4.10. The lowest BCUT2D eigenvalue weighted by Gasteiger charge is -2.37. The lowest BCUT2D eigenvalue weighted by atomic mass is 9.86. The third kappa shape index (κ3) is 2.97. The number of thiophene rings is 1. The van der Waals surface area contributed by atoms with E-state index in [1.165, 1.54) is 11.3 Å². The zero-order chi connectivity index (χ0) is 15.9. The molecule has 122 valence electrons. The molecule has 3 aliphatic rings. The molecule has 1 spiro atoms. The predicted molar refractivity (Wildman–Crippen MR) is 86.5 cm³/mol. The average molecular weight is 333 g/mol. The Balaban J connectivity index is 1.33. The normalized spacial score (nSPS) is 22.6. The summed E-state index contributed by atoms with van der Waals surface area (Å²) in [5.41, 5.74) is 0.0950. The zero-order valence-electron chi connectivity index (χ0n) is 12.8. The first-order valence-corrected chi connectivity index (χ1v) is 8.92. The SMILES string of the molecule is O=C(NC1CC1)C1=NOC2(CCN(C(=O)c3cccs3)CC2)C1. The third-order valence-electron chi connectivity index (χ3n) is 4.71. The first-order valence-electron chi connectivity index (χ1n) is 8.04. The summed E-state index contributed by atoms with van der Waals surface area (Å²) >= 11 is 1.47. The van der Waals surface area contributed by atoms with Crippen molar-refractivity contribution in [1.29, 1.82) is 0 Å². The predicted octanol–water partition coefficient (Wildman–Crippen LogP) is 1.78. The van der Waals surface area contributed by atoms with Crippen molar-refractivity contribution in [2.45, 2.75) is 43.7 Å². The van der Waals surface area contributed by atoms with Gasteiger partial charge in [0, 0.05) is 38.4 Å². The minimum absolute atomic E-state index is 0.0838. The van der Waals surface area contributed by atoms with Crippen LogP contribution in [0.2, 0.25) is 0 Å². The Bertz CT molecular complexity index is 644. The van der Waals surface area contributed by atoms with Crippen LogP contribution in [0, 0.1) is 0 Å². The maximum Gasteiger partial charge on any atom is 0.269 e. The highest BCUT2D eigenvalue weighted by atomic mass is 32.1. The quantitative estimate of drug-likeness (QED) is 0.916. The van der Waals surface area contributed by atoms with Gasteiger partial charge in [-0.3, -0.25) is 9.59 Å². The van der Waals surface area contributed by atoms with E-state index in [-0.39, 0.29) is 11.8 Å². The Hall–Kier alpha value is -1.89. The largest absolute Gasteiger partial charge is 0.388 e. The molecule has 0 radical (unpaired) electrons. The van der Waals surface area contributed by atoms with Crippen LogP contribution in [0.5, 0.6) is 0 Å². The summed E-state index contributed by atoms with van der Waals surface area (Å²) in [6.45, 7) is 1.29. The van der Waals surface area contributed by atoms with E-state index in [2.05, 4.69) is 10.5 Å². The fourth-order valence-electron chi connectivity index (χ4n) is 3.08. The summed E-state index contributed by atoms with van der Waals surface area (Å²) in [5, 5.41) is 8.88. The molecule has 1 saturated heterocycles. The molecule has 1 N–H and O–H groups in total. The highest BCUT2D eigenvalue weighted by Crippen LogP contribution is 2.35. The van der Waals surface area contributed by atoms with E-state index in [0.717, 1.165) is 17.7 Å². The lowest BCUT2D eigenvalue weighted by Crippen LogP contribution is -2.47. The van der Waals surface area contributed by atoms with Crippen molar-refractivity contribution in [2.24, 2.45) is 5.16 Å². The van der Waals surface area contributed by atoms with E-state index in [4.69, 9.17) is 4.84 Å². The Kier molecular flexibility index (Phi) is 3.60. The van der Waals surface area contributed by atoms with Crippen LogP contribution in [0.3, 0.4) is 0 Å². The fourth-order valence-corrected chi connectivity index (χ4v) is 3.77. The molecule has 23 heavy (non-hydrogen) atoms. The zero-order valence-corrected chi connectivity index (χ0v) is 13.6. The molecule has 2 amide bonds. The Morgan fingerprint density at radius 2 is 2.13 bits per heavy atom. The molecule has 1 aromatic heterocycles. The highest BCUT2D eigenvalue weighted by Gasteiger charge is 2.45. The van der Waals surface area contributed by atoms with E-state index in [9.17, 15) is 9.59 Å². The maximum atomic E-state index is 12.4. The van der Waals surface area contributed by atoms with Gasteiger partial charge in [-0.2, -0.15) is 0 Å². The first kappa shape index (κ1) is 14.7. The van der Waals surface area contributed by atoms with Crippen LogP contribution >= 0.6 is 11.3 Å². The van der Waals surface area contributed by atoms with Crippen LogP contribution in [-0.2, 0) is 9.63 Å². The minimum atomic E-state index is -0.400. The second kappa shape index (κ2) is 5.63. The Morgan fingerprint density at radius 3 is 2.78 bits per heavy atom. The molecule has 1 saturated carbocycles. The topological polar surface area (TPSA) is 71.0 Å². The molecule has 1 aromatic rings. The number of nitrogens with one attached hydrogen (secondary N) is 1. The molecule has 0 unspecified atom stereocenters. The van der Waals surface area contributed by atoms with E-state index in [1.807, 2.05) is 22.4 Å². The minimum Gasteiger partial charge on any atom is -0.388 e. The van der Waals surface area contributed by atoms with Gasteiger partial charge in [0.2, 0.25) is 0 Å². The number of hydrogen-bond donors (Lipinski definition) is 1. The van der Waals surface area contributed by atoms with Crippen molar-refractivity contribution in [1.82, 2.24) is 10.2 Å². The number of likely N-dealkylation sites (tertiary alicyclic amines) is 1. The smallest absolute Gasteiger partial charge is 0.269 e. The number of amides is 2. The molecule has 2 aliphatic heterocycles. The van der Waals surface area contributed by atoms with E-state index >= 15 is 0 Å². The fraction of sp³-hybridized carbons (Fsp3) is 0.562. The van der Waals surface area contributed by atoms with Gasteiger partial charge < -0.3 is 15.1 Å². The van der Waals surface area contributed by atoms with Crippen LogP contribution in [0.25, 0.3) is 0 Å². The molecule has 0 atom stereocenters. The maximum absolute atomic E-state index is 12.4. The molecule has 7 heteroatoms. The number of carbonyl (C=O) groups is 2. The van der Waals surface area contributed by atoms with Crippen molar-refractivity contribution in [3.63, 3.8) is 0 Å². The summed E-state index contributed by atoms with van der Waals surface area (Å²) in [4.78, 5) is 32.7. The third-order valence-corrected chi connectivity index (χ3v) is 5.57. The van der Waals surface area contributed by atoms with Crippen molar-refractivity contribution < 1.29 is 14.4 Å².